The van der Waals surface area contributed by atoms with Gasteiger partial charge in [0.15, 0.2) is 6.54 Å². The van der Waals surface area contributed by atoms with Crippen molar-refractivity contribution in [3.8, 4) is 0 Å². The molecule has 0 aliphatic carbocycles. The number of carbonyl (C=O) groups excluding carboxylic acids is 2. The number of nitrogens with one attached hydrogen (secondary N) is 3. The molecule has 1 atom stereocenters. The van der Waals surface area contributed by atoms with Gasteiger partial charge in [0, 0.05) is 31.0 Å². The van der Waals surface area contributed by atoms with Crippen LogP contribution in [0.5, 0.6) is 0 Å². The summed E-state index contributed by atoms with van der Waals surface area (Å²) in [6.45, 7) is 7.94. The summed E-state index contributed by atoms with van der Waals surface area (Å²) in [5.41, 5.74) is 5.28. The number of anilines is 2. The molecule has 0 aliphatic rings. The van der Waals surface area contributed by atoms with Gasteiger partial charge in [-0.1, -0.05) is 24.3 Å². The minimum absolute atomic E-state index is 0.0270. The maximum absolute atomic E-state index is 12.3. The van der Waals surface area contributed by atoms with Crippen LogP contribution in [-0.4, -0.2) is 45.5 Å². The van der Waals surface area contributed by atoms with Crippen LogP contribution in [0.15, 0.2) is 42.5 Å². The molecule has 6 heteroatoms. The van der Waals surface area contributed by atoms with Gasteiger partial charge in [-0.05, 0) is 50.1 Å². The van der Waals surface area contributed by atoms with Crippen LogP contribution < -0.4 is 20.4 Å². The molecule has 3 N–H and O–H groups in total. The van der Waals surface area contributed by atoms with Crippen molar-refractivity contribution in [1.82, 2.24) is 5.32 Å². The van der Waals surface area contributed by atoms with Gasteiger partial charge < -0.3 is 20.4 Å². The summed E-state index contributed by atoms with van der Waals surface area (Å²) < 4.78 is 0. The van der Waals surface area contributed by atoms with Gasteiger partial charge in [-0.2, -0.15) is 0 Å². The van der Waals surface area contributed by atoms with Crippen molar-refractivity contribution >= 4 is 23.2 Å². The zero-order valence-corrected chi connectivity index (χ0v) is 18.1. The van der Waals surface area contributed by atoms with Gasteiger partial charge >= 0.3 is 0 Å². The van der Waals surface area contributed by atoms with Crippen LogP contribution in [0, 0.1) is 13.8 Å². The van der Waals surface area contributed by atoms with Crippen LogP contribution in [0.2, 0.25) is 0 Å². The van der Waals surface area contributed by atoms with Crippen molar-refractivity contribution in [1.29, 1.82) is 0 Å². The molecule has 156 valence electrons. The number of aryl methyl sites for hydroxylation is 1. The number of carbonyl (C=O) groups is 2. The summed E-state index contributed by atoms with van der Waals surface area (Å²) in [6.07, 6.45) is 0. The van der Waals surface area contributed by atoms with Crippen molar-refractivity contribution < 1.29 is 14.5 Å². The zero-order valence-electron chi connectivity index (χ0n) is 18.1. The summed E-state index contributed by atoms with van der Waals surface area (Å²) in [4.78, 5) is 27.7. The van der Waals surface area contributed by atoms with Crippen LogP contribution in [0.25, 0.3) is 0 Å². The standard InChI is InChI=1S/C23H32N4O2/c1-6-27(15-19-10-12-20(13-11-19)26(4)5)16-23(29)24-14-22(28)25-21-9-7-8-17(2)18(21)3/h7-13H,6,14-16H2,1-5H3,(H,24,29)(H,25,28)/p+1. The third-order valence-corrected chi connectivity index (χ3v) is 5.14. The maximum Gasteiger partial charge on any atom is 0.275 e. The number of quaternary nitrogens is 1. The number of benzene rings is 2. The number of hydrogen-bond donors (Lipinski definition) is 3. The summed E-state index contributed by atoms with van der Waals surface area (Å²) in [6, 6.07) is 14.1. The van der Waals surface area contributed by atoms with Gasteiger partial charge in [-0.15, -0.1) is 0 Å². The number of rotatable bonds is 9. The highest BCUT2D eigenvalue weighted by Gasteiger charge is 2.15. The predicted molar refractivity (Wildman–Crippen MR) is 118 cm³/mol. The Morgan fingerprint density at radius 2 is 1.69 bits per heavy atom. The lowest BCUT2D eigenvalue weighted by Gasteiger charge is -2.18. The minimum atomic E-state index is -0.218. The van der Waals surface area contributed by atoms with Gasteiger partial charge in [0.2, 0.25) is 5.91 Å². The van der Waals surface area contributed by atoms with Crippen molar-refractivity contribution in [2.45, 2.75) is 27.3 Å². The average Bonchev–Trinajstić information content (AvgIpc) is 2.69. The molecule has 1 unspecified atom stereocenters. The van der Waals surface area contributed by atoms with Crippen LogP contribution in [-0.2, 0) is 16.1 Å². The molecule has 0 spiro atoms. The van der Waals surface area contributed by atoms with E-state index >= 15 is 0 Å². The normalized spacial score (nSPS) is 11.6. The van der Waals surface area contributed by atoms with E-state index in [9.17, 15) is 9.59 Å². The van der Waals surface area contributed by atoms with E-state index in [0.29, 0.717) is 6.54 Å². The molecule has 2 amide bonds. The Hall–Kier alpha value is -2.86. The molecular weight excluding hydrogens is 364 g/mol. The van der Waals surface area contributed by atoms with Crippen LogP contribution in [0.4, 0.5) is 11.4 Å². The molecule has 0 radical (unpaired) electrons. The molecule has 2 rings (SSSR count). The first-order valence-corrected chi connectivity index (χ1v) is 10.0. The molecule has 2 aromatic rings. The Labute approximate surface area is 173 Å². The molecule has 0 aromatic heterocycles. The van der Waals surface area contributed by atoms with Gasteiger partial charge in [0.1, 0.15) is 6.54 Å². The Kier molecular flexibility index (Phi) is 8.21. The molecule has 0 saturated carbocycles. The second-order valence-electron chi connectivity index (χ2n) is 7.59. The van der Waals surface area contributed by atoms with Crippen molar-refractivity contribution in [3.63, 3.8) is 0 Å². The molecule has 29 heavy (non-hydrogen) atoms. The SMILES string of the molecule is CC[NH+](CC(=O)NCC(=O)Nc1cccc(C)c1C)Cc1ccc(N(C)C)cc1. The molecule has 6 nitrogen and oxygen atoms in total. The Morgan fingerprint density at radius 3 is 2.31 bits per heavy atom. The number of hydrogen-bond acceptors (Lipinski definition) is 3. The molecule has 0 fully saturated rings. The molecule has 0 aliphatic heterocycles. The van der Waals surface area contributed by atoms with Crippen molar-refractivity contribution in [2.24, 2.45) is 0 Å². The Balaban J connectivity index is 1.81. The lowest BCUT2D eigenvalue weighted by Crippen LogP contribution is -3.11. The first-order valence-electron chi connectivity index (χ1n) is 10.0. The first kappa shape index (κ1) is 22.4. The summed E-state index contributed by atoms with van der Waals surface area (Å²) in [7, 11) is 4.03. The number of nitrogens with zero attached hydrogens (tertiary/aromatic N) is 1. The van der Waals surface area contributed by atoms with Gasteiger partial charge in [0.05, 0.1) is 13.1 Å². The van der Waals surface area contributed by atoms with Crippen molar-refractivity contribution in [2.75, 3.05) is 43.9 Å². The average molecular weight is 398 g/mol. The third kappa shape index (κ3) is 6.91. The molecule has 2 aromatic carbocycles. The van der Waals surface area contributed by atoms with E-state index < -0.39 is 0 Å². The van der Waals surface area contributed by atoms with Gasteiger partial charge in [-0.3, -0.25) is 9.59 Å². The number of likely N-dealkylation sites (N-methyl/N-ethyl adjacent to an activating group) is 1. The van der Waals surface area contributed by atoms with Crippen LogP contribution in [0.3, 0.4) is 0 Å². The molecule has 0 bridgehead atoms. The fourth-order valence-corrected chi connectivity index (χ4v) is 3.06. The summed E-state index contributed by atoms with van der Waals surface area (Å²) in [5.74, 6) is -0.341. The molecule has 0 saturated heterocycles. The maximum atomic E-state index is 12.3. The van der Waals surface area contributed by atoms with E-state index in [1.165, 1.54) is 5.56 Å². The van der Waals surface area contributed by atoms with E-state index in [1.54, 1.807) is 0 Å². The van der Waals surface area contributed by atoms with E-state index in [0.717, 1.165) is 40.5 Å². The van der Waals surface area contributed by atoms with E-state index in [-0.39, 0.29) is 18.4 Å². The lowest BCUT2D eigenvalue weighted by atomic mass is 10.1. The highest BCUT2D eigenvalue weighted by Crippen LogP contribution is 2.17. The highest BCUT2D eigenvalue weighted by atomic mass is 16.2. The van der Waals surface area contributed by atoms with E-state index in [1.807, 2.05) is 46.1 Å². The summed E-state index contributed by atoms with van der Waals surface area (Å²) in [5, 5.41) is 5.60. The largest absolute Gasteiger partial charge is 0.378 e. The third-order valence-electron chi connectivity index (χ3n) is 5.14. The Bertz CT molecular complexity index is 831. The zero-order chi connectivity index (χ0) is 21.4. The van der Waals surface area contributed by atoms with Crippen molar-refractivity contribution in [3.05, 3.63) is 59.2 Å². The van der Waals surface area contributed by atoms with Crippen LogP contribution >= 0.6 is 0 Å². The topological polar surface area (TPSA) is 65.9 Å². The Morgan fingerprint density at radius 1 is 1.00 bits per heavy atom. The lowest BCUT2D eigenvalue weighted by molar-refractivity contribution is -0.904. The summed E-state index contributed by atoms with van der Waals surface area (Å²) >= 11 is 0. The number of amides is 2. The molecule has 0 heterocycles. The first-order chi connectivity index (χ1) is 13.8. The van der Waals surface area contributed by atoms with Gasteiger partial charge in [0.25, 0.3) is 5.91 Å². The second kappa shape index (κ2) is 10.6. The minimum Gasteiger partial charge on any atom is -0.378 e. The quantitative estimate of drug-likeness (QED) is 0.601. The van der Waals surface area contributed by atoms with Gasteiger partial charge in [-0.25, -0.2) is 0 Å². The van der Waals surface area contributed by atoms with Crippen LogP contribution in [0.1, 0.15) is 23.6 Å². The monoisotopic (exact) mass is 397 g/mol. The smallest absolute Gasteiger partial charge is 0.275 e. The fourth-order valence-electron chi connectivity index (χ4n) is 3.06. The fraction of sp³-hybridized carbons (Fsp3) is 0.391. The molecular formula is C23H33N4O2+. The predicted octanol–water partition coefficient (Wildman–Crippen LogP) is 1.53. The van der Waals surface area contributed by atoms with E-state index in [4.69, 9.17) is 0 Å². The second-order valence-corrected chi connectivity index (χ2v) is 7.59. The highest BCUT2D eigenvalue weighted by molar-refractivity contribution is 5.95. The van der Waals surface area contributed by atoms with E-state index in [2.05, 4.69) is 46.7 Å².